The standard InChI is InChI=1S/C15H18N4O6/c1-6-4-16-14(23)17-11(6)12-7(2)13(22)18-15(24)19(12)10-3-8(20)9(21)5-25-10/h4,8-10,20-21H,3,5H2,1-2H3,(H,16,17,23)(H,18,22,24)/t8-,9+,10-/m0/s1. The number of ether oxygens (including phenoxy) is 1. The van der Waals surface area contributed by atoms with Gasteiger partial charge in [-0.3, -0.25) is 14.3 Å². The molecule has 0 radical (unpaired) electrons. The lowest BCUT2D eigenvalue weighted by Crippen LogP contribution is -2.44. The minimum atomic E-state index is -1.08. The lowest BCUT2D eigenvalue weighted by molar-refractivity contribution is -0.146. The average Bonchev–Trinajstić information content (AvgIpc) is 2.56. The minimum Gasteiger partial charge on any atom is -0.390 e. The first-order valence-corrected chi connectivity index (χ1v) is 7.69. The van der Waals surface area contributed by atoms with Crippen molar-refractivity contribution >= 4 is 0 Å². The Labute approximate surface area is 140 Å². The van der Waals surface area contributed by atoms with Crippen LogP contribution >= 0.6 is 0 Å². The molecule has 0 bridgehead atoms. The molecule has 0 unspecified atom stereocenters. The number of rotatable bonds is 2. The number of aliphatic hydroxyl groups excluding tert-OH is 2. The van der Waals surface area contributed by atoms with E-state index in [1.54, 1.807) is 6.92 Å². The Kier molecular flexibility index (Phi) is 4.41. The number of aromatic amines is 2. The summed E-state index contributed by atoms with van der Waals surface area (Å²) in [4.78, 5) is 44.5. The summed E-state index contributed by atoms with van der Waals surface area (Å²) in [5.74, 6) is 0. The van der Waals surface area contributed by atoms with E-state index in [4.69, 9.17) is 4.74 Å². The molecular weight excluding hydrogens is 332 g/mol. The van der Waals surface area contributed by atoms with E-state index in [0.29, 0.717) is 5.56 Å². The van der Waals surface area contributed by atoms with Crippen LogP contribution in [0.1, 0.15) is 23.8 Å². The Morgan fingerprint density at radius 2 is 1.92 bits per heavy atom. The van der Waals surface area contributed by atoms with Crippen LogP contribution in [0.25, 0.3) is 11.4 Å². The number of aryl methyl sites for hydroxylation is 1. The van der Waals surface area contributed by atoms with Gasteiger partial charge in [-0.05, 0) is 19.4 Å². The van der Waals surface area contributed by atoms with Crippen molar-refractivity contribution < 1.29 is 14.9 Å². The third-order valence-corrected chi connectivity index (χ3v) is 4.25. The predicted octanol–water partition coefficient (Wildman–Crippen LogP) is -1.46. The number of aliphatic hydroxyl groups is 2. The normalized spacial score (nSPS) is 23.6. The number of hydrogen-bond acceptors (Lipinski definition) is 7. The van der Waals surface area contributed by atoms with E-state index in [1.165, 1.54) is 17.7 Å². The van der Waals surface area contributed by atoms with E-state index in [-0.39, 0.29) is 30.0 Å². The second-order valence-corrected chi connectivity index (χ2v) is 6.01. The Morgan fingerprint density at radius 3 is 2.60 bits per heavy atom. The first kappa shape index (κ1) is 17.3. The van der Waals surface area contributed by atoms with Gasteiger partial charge < -0.3 is 19.9 Å². The van der Waals surface area contributed by atoms with Gasteiger partial charge in [0.15, 0.2) is 0 Å². The van der Waals surface area contributed by atoms with Gasteiger partial charge in [0, 0.05) is 18.2 Å². The van der Waals surface area contributed by atoms with Crippen molar-refractivity contribution in [3.05, 3.63) is 48.6 Å². The lowest BCUT2D eigenvalue weighted by Gasteiger charge is -2.32. The molecule has 3 atom stereocenters. The van der Waals surface area contributed by atoms with Crippen LogP contribution in [0.2, 0.25) is 0 Å². The second-order valence-electron chi connectivity index (χ2n) is 6.01. The first-order chi connectivity index (χ1) is 11.8. The van der Waals surface area contributed by atoms with Gasteiger partial charge in [0.05, 0.1) is 24.1 Å². The maximum Gasteiger partial charge on any atom is 0.345 e. The maximum atomic E-state index is 12.4. The highest BCUT2D eigenvalue weighted by Gasteiger charge is 2.32. The maximum absolute atomic E-state index is 12.4. The molecule has 0 aromatic carbocycles. The average molecular weight is 350 g/mol. The Bertz CT molecular complexity index is 975. The largest absolute Gasteiger partial charge is 0.390 e. The van der Waals surface area contributed by atoms with Gasteiger partial charge >= 0.3 is 11.4 Å². The molecule has 1 aliphatic rings. The van der Waals surface area contributed by atoms with Crippen molar-refractivity contribution in [3.8, 4) is 11.4 Å². The summed E-state index contributed by atoms with van der Waals surface area (Å²) in [6, 6.07) is 0. The molecule has 0 saturated carbocycles. The van der Waals surface area contributed by atoms with Gasteiger partial charge in [-0.2, -0.15) is 0 Å². The van der Waals surface area contributed by atoms with Gasteiger partial charge in [0.1, 0.15) is 12.3 Å². The Morgan fingerprint density at radius 1 is 1.20 bits per heavy atom. The Hall–Kier alpha value is -2.56. The third-order valence-electron chi connectivity index (χ3n) is 4.25. The molecule has 4 N–H and O–H groups in total. The van der Waals surface area contributed by atoms with E-state index in [2.05, 4.69) is 15.0 Å². The SMILES string of the molecule is Cc1cnc(=O)[nH]c1-c1c(C)c(=O)[nH]c(=O)n1[C@@H]1C[C@H](O)[C@H](O)CO1. The second kappa shape index (κ2) is 6.39. The molecule has 1 aliphatic heterocycles. The van der Waals surface area contributed by atoms with Gasteiger partial charge in [-0.15, -0.1) is 0 Å². The van der Waals surface area contributed by atoms with Crippen LogP contribution in [0.15, 0.2) is 20.6 Å². The summed E-state index contributed by atoms with van der Waals surface area (Å²) in [6.45, 7) is 3.02. The monoisotopic (exact) mass is 350 g/mol. The fourth-order valence-electron chi connectivity index (χ4n) is 2.86. The summed E-state index contributed by atoms with van der Waals surface area (Å²) in [5.41, 5.74) is -0.754. The number of nitrogens with zero attached hydrogens (tertiary/aromatic N) is 2. The topological polar surface area (TPSA) is 150 Å². The molecular formula is C15H18N4O6. The van der Waals surface area contributed by atoms with Crippen molar-refractivity contribution in [1.29, 1.82) is 0 Å². The van der Waals surface area contributed by atoms with E-state index in [1.807, 2.05) is 0 Å². The molecule has 2 aromatic heterocycles. The molecule has 0 aliphatic carbocycles. The summed E-state index contributed by atoms with van der Waals surface area (Å²) in [6.07, 6.45) is -1.75. The highest BCUT2D eigenvalue weighted by atomic mass is 16.5. The zero-order valence-electron chi connectivity index (χ0n) is 13.6. The quantitative estimate of drug-likeness (QED) is 0.517. The van der Waals surface area contributed by atoms with Crippen molar-refractivity contribution in [3.63, 3.8) is 0 Å². The molecule has 10 heteroatoms. The van der Waals surface area contributed by atoms with Crippen LogP contribution in [-0.2, 0) is 4.74 Å². The smallest absolute Gasteiger partial charge is 0.345 e. The molecule has 2 aromatic rings. The van der Waals surface area contributed by atoms with E-state index in [0.717, 1.165) is 0 Å². The number of aromatic nitrogens is 4. The van der Waals surface area contributed by atoms with Gasteiger partial charge in [-0.25, -0.2) is 14.6 Å². The predicted molar refractivity (Wildman–Crippen MR) is 86.3 cm³/mol. The summed E-state index contributed by atoms with van der Waals surface area (Å²) >= 11 is 0. The molecule has 25 heavy (non-hydrogen) atoms. The van der Waals surface area contributed by atoms with Gasteiger partial charge in [0.25, 0.3) is 5.56 Å². The lowest BCUT2D eigenvalue weighted by atomic mass is 10.1. The van der Waals surface area contributed by atoms with Crippen molar-refractivity contribution in [2.45, 2.75) is 38.7 Å². The van der Waals surface area contributed by atoms with Crippen LogP contribution in [0, 0.1) is 13.8 Å². The summed E-state index contributed by atoms with van der Waals surface area (Å²) in [7, 11) is 0. The van der Waals surface area contributed by atoms with Crippen LogP contribution in [0.3, 0.4) is 0 Å². The van der Waals surface area contributed by atoms with Crippen molar-refractivity contribution in [2.24, 2.45) is 0 Å². The molecule has 1 saturated heterocycles. The van der Waals surface area contributed by atoms with Crippen molar-refractivity contribution in [1.82, 2.24) is 19.5 Å². The highest BCUT2D eigenvalue weighted by molar-refractivity contribution is 5.61. The minimum absolute atomic E-state index is 0.0477. The molecule has 0 spiro atoms. The summed E-state index contributed by atoms with van der Waals surface area (Å²) in [5, 5.41) is 19.5. The van der Waals surface area contributed by atoms with Crippen LogP contribution in [-0.4, -0.2) is 48.5 Å². The van der Waals surface area contributed by atoms with E-state index in [9.17, 15) is 24.6 Å². The van der Waals surface area contributed by atoms with E-state index >= 15 is 0 Å². The fourth-order valence-corrected chi connectivity index (χ4v) is 2.86. The first-order valence-electron chi connectivity index (χ1n) is 7.69. The fraction of sp³-hybridized carbons (Fsp3) is 0.467. The highest BCUT2D eigenvalue weighted by Crippen LogP contribution is 2.28. The van der Waals surface area contributed by atoms with Crippen LogP contribution < -0.4 is 16.9 Å². The number of H-pyrrole nitrogens is 2. The number of nitrogens with one attached hydrogen (secondary N) is 2. The summed E-state index contributed by atoms with van der Waals surface area (Å²) < 4.78 is 6.65. The third kappa shape index (κ3) is 3.06. The van der Waals surface area contributed by atoms with Crippen LogP contribution in [0.5, 0.6) is 0 Å². The Balaban J connectivity index is 2.28. The van der Waals surface area contributed by atoms with Crippen molar-refractivity contribution in [2.75, 3.05) is 6.61 Å². The molecule has 1 fully saturated rings. The van der Waals surface area contributed by atoms with Gasteiger partial charge in [-0.1, -0.05) is 0 Å². The van der Waals surface area contributed by atoms with Crippen LogP contribution in [0.4, 0.5) is 0 Å². The molecule has 10 nitrogen and oxygen atoms in total. The molecule has 3 heterocycles. The zero-order chi connectivity index (χ0) is 18.3. The molecule has 3 rings (SSSR count). The zero-order valence-corrected chi connectivity index (χ0v) is 13.6. The van der Waals surface area contributed by atoms with E-state index < -0.39 is 35.4 Å². The van der Waals surface area contributed by atoms with Gasteiger partial charge in [0.2, 0.25) is 0 Å². The molecule has 0 amide bonds. The number of hydrogen-bond donors (Lipinski definition) is 4. The molecule has 134 valence electrons.